The summed E-state index contributed by atoms with van der Waals surface area (Å²) in [6.07, 6.45) is -2.88. The lowest BCUT2D eigenvalue weighted by Crippen LogP contribution is -2.50. The van der Waals surface area contributed by atoms with E-state index in [-0.39, 0.29) is 28.0 Å². The quantitative estimate of drug-likeness (QED) is 0.431. The second-order valence-corrected chi connectivity index (χ2v) is 10.0. The minimum absolute atomic E-state index is 0.0345. The van der Waals surface area contributed by atoms with Crippen LogP contribution in [0.1, 0.15) is 33.7 Å². The van der Waals surface area contributed by atoms with Gasteiger partial charge in [0.2, 0.25) is 12.7 Å². The Morgan fingerprint density at radius 2 is 1.74 bits per heavy atom. The van der Waals surface area contributed by atoms with Gasteiger partial charge in [-0.1, -0.05) is 53.5 Å². The zero-order valence-electron chi connectivity index (χ0n) is 19.4. The number of halogens is 2. The van der Waals surface area contributed by atoms with Gasteiger partial charge in [-0.25, -0.2) is 0 Å². The Labute approximate surface area is 225 Å². The van der Waals surface area contributed by atoms with Crippen LogP contribution in [0.25, 0.3) is 0 Å². The number of ether oxygens (including phenoxy) is 3. The molecule has 3 N–H and O–H groups in total. The highest BCUT2D eigenvalue weighted by molar-refractivity contribution is 6.42. The van der Waals surface area contributed by atoms with E-state index in [1.54, 1.807) is 30.3 Å². The number of carbonyl (C=O) groups excluding carboxylic acids is 2. The van der Waals surface area contributed by atoms with Crippen molar-refractivity contribution in [3.05, 3.63) is 87.4 Å². The predicted octanol–water partition coefficient (Wildman–Crippen LogP) is 4.42. The first-order valence-electron chi connectivity index (χ1n) is 11.6. The van der Waals surface area contributed by atoms with Crippen molar-refractivity contribution in [2.45, 2.75) is 17.8 Å². The summed E-state index contributed by atoms with van der Waals surface area (Å²) in [5, 5.41) is 24.9. The lowest BCUT2D eigenvalue weighted by Gasteiger charge is -2.30. The highest BCUT2D eigenvalue weighted by Crippen LogP contribution is 2.58. The van der Waals surface area contributed by atoms with Crippen molar-refractivity contribution in [2.75, 3.05) is 12.1 Å². The van der Waals surface area contributed by atoms with Crippen molar-refractivity contribution in [3.8, 4) is 11.5 Å². The summed E-state index contributed by atoms with van der Waals surface area (Å²) in [5.74, 6) is -5.19. The van der Waals surface area contributed by atoms with Gasteiger partial charge in [0.1, 0.15) is 12.0 Å². The summed E-state index contributed by atoms with van der Waals surface area (Å²) >= 11 is 12.3. The fraction of sp³-hybridized carbons (Fsp3) is 0.222. The van der Waals surface area contributed by atoms with Crippen LogP contribution in [0.15, 0.2) is 60.7 Å². The van der Waals surface area contributed by atoms with Gasteiger partial charge in [0, 0.05) is 17.3 Å². The van der Waals surface area contributed by atoms with E-state index >= 15 is 0 Å². The molecule has 11 heteroatoms. The van der Waals surface area contributed by atoms with Crippen molar-refractivity contribution in [1.29, 1.82) is 0 Å². The number of carboxylic acids is 1. The molecule has 1 fully saturated rings. The molecule has 1 amide bonds. The van der Waals surface area contributed by atoms with Crippen LogP contribution in [-0.2, 0) is 14.3 Å². The summed E-state index contributed by atoms with van der Waals surface area (Å²) in [6.45, 7) is 0.0345. The summed E-state index contributed by atoms with van der Waals surface area (Å²) in [7, 11) is 0. The highest BCUT2D eigenvalue weighted by Gasteiger charge is 2.70. The first-order valence-corrected chi connectivity index (χ1v) is 12.4. The van der Waals surface area contributed by atoms with Gasteiger partial charge in [-0.2, -0.15) is 0 Å². The number of anilines is 1. The number of carbonyl (C=O) groups is 3. The number of ketones is 1. The number of Topliss-reactive ketones (excluding diaryl/α,β-unsaturated/α-hetero) is 1. The first kappa shape index (κ1) is 24.7. The molecule has 1 aliphatic carbocycles. The number of nitrogens with one attached hydrogen (secondary N) is 1. The molecule has 2 heterocycles. The molecule has 2 aliphatic heterocycles. The Balaban J connectivity index is 1.47. The number of aliphatic carboxylic acids is 1. The van der Waals surface area contributed by atoms with Crippen molar-refractivity contribution < 1.29 is 38.8 Å². The van der Waals surface area contributed by atoms with Gasteiger partial charge in [-0.05, 0) is 35.4 Å². The summed E-state index contributed by atoms with van der Waals surface area (Å²) in [5.41, 5.74) is -1.24. The van der Waals surface area contributed by atoms with Crippen LogP contribution in [0.3, 0.4) is 0 Å². The maximum atomic E-state index is 13.8. The molecule has 0 radical (unpaired) electrons. The van der Waals surface area contributed by atoms with Crippen molar-refractivity contribution in [3.63, 3.8) is 0 Å². The molecular formula is C27H19Cl2NO8. The fourth-order valence-corrected chi connectivity index (χ4v) is 5.83. The first-order chi connectivity index (χ1) is 18.2. The average Bonchev–Trinajstić information content (AvgIpc) is 3.57. The molecule has 0 aromatic heterocycles. The van der Waals surface area contributed by atoms with Gasteiger partial charge >= 0.3 is 5.97 Å². The Hall–Kier alpha value is -3.63. The smallest absolute Gasteiger partial charge is 0.310 e. The number of hydrogen-bond acceptors (Lipinski definition) is 7. The molecule has 0 saturated carbocycles. The predicted molar refractivity (Wildman–Crippen MR) is 135 cm³/mol. The van der Waals surface area contributed by atoms with Crippen molar-refractivity contribution in [2.24, 2.45) is 11.8 Å². The highest BCUT2D eigenvalue weighted by atomic mass is 35.5. The number of fused-ring (bicyclic) bond motifs is 2. The molecule has 9 nitrogen and oxygen atoms in total. The van der Waals surface area contributed by atoms with E-state index in [4.69, 9.17) is 37.4 Å². The van der Waals surface area contributed by atoms with Crippen molar-refractivity contribution >= 4 is 46.5 Å². The largest absolute Gasteiger partial charge is 0.481 e. The molecule has 5 atom stereocenters. The van der Waals surface area contributed by atoms with E-state index in [0.29, 0.717) is 22.7 Å². The zero-order chi connectivity index (χ0) is 26.8. The molecule has 38 heavy (non-hydrogen) atoms. The normalized spacial score (nSPS) is 27.0. The van der Waals surface area contributed by atoms with E-state index in [9.17, 15) is 24.6 Å². The Morgan fingerprint density at radius 1 is 0.974 bits per heavy atom. The third kappa shape index (κ3) is 3.58. The topological polar surface area (TPSA) is 131 Å². The number of hydrogen-bond donors (Lipinski definition) is 3. The summed E-state index contributed by atoms with van der Waals surface area (Å²) in [4.78, 5) is 40.4. The molecule has 194 valence electrons. The van der Waals surface area contributed by atoms with Crippen LogP contribution in [-0.4, -0.2) is 40.3 Å². The van der Waals surface area contributed by atoms with E-state index in [1.165, 1.54) is 30.3 Å². The van der Waals surface area contributed by atoms with Gasteiger partial charge in [-0.15, -0.1) is 0 Å². The third-order valence-electron chi connectivity index (χ3n) is 7.21. The molecule has 6 rings (SSSR count). The van der Waals surface area contributed by atoms with E-state index < -0.39 is 47.3 Å². The average molecular weight is 556 g/mol. The van der Waals surface area contributed by atoms with Gasteiger partial charge in [0.05, 0.1) is 22.1 Å². The Morgan fingerprint density at radius 3 is 2.47 bits per heavy atom. The lowest BCUT2D eigenvalue weighted by molar-refractivity contribution is -0.155. The van der Waals surface area contributed by atoms with Crippen LogP contribution in [0.2, 0.25) is 10.0 Å². The molecule has 2 unspecified atom stereocenters. The maximum absolute atomic E-state index is 13.8. The molecular weight excluding hydrogens is 537 g/mol. The van der Waals surface area contributed by atoms with Gasteiger partial charge < -0.3 is 29.7 Å². The Bertz CT molecular complexity index is 1510. The standard InChI is InChI=1S/C27H19Cl2NO8/c28-16-7-5-12(9-17(16)29)22-20(25(33)30-13-6-8-18-19(10-13)37-11-36-18)21(26(34)35)27(38-22)23(31)14-3-1-2-4-15(14)24(27)32/h1-10,20-23,31H,11H2,(H,30,33)(H,34,35)/t20-,21-,22-,23?,27?/m1/s1. The minimum Gasteiger partial charge on any atom is -0.481 e. The molecule has 3 aromatic carbocycles. The van der Waals surface area contributed by atoms with Crippen molar-refractivity contribution in [1.82, 2.24) is 0 Å². The van der Waals surface area contributed by atoms with E-state index in [2.05, 4.69) is 5.32 Å². The molecule has 3 aliphatic rings. The van der Waals surface area contributed by atoms with E-state index in [0.717, 1.165) is 0 Å². The minimum atomic E-state index is -2.25. The second kappa shape index (κ2) is 8.99. The molecule has 1 spiro atoms. The second-order valence-electron chi connectivity index (χ2n) is 9.22. The van der Waals surface area contributed by atoms with E-state index in [1.807, 2.05) is 0 Å². The number of benzene rings is 3. The van der Waals surface area contributed by atoms with Gasteiger partial charge in [-0.3, -0.25) is 14.4 Å². The number of rotatable bonds is 4. The monoisotopic (exact) mass is 555 g/mol. The third-order valence-corrected chi connectivity index (χ3v) is 7.95. The van der Waals surface area contributed by atoms with Gasteiger partial charge in [0.15, 0.2) is 22.9 Å². The van der Waals surface area contributed by atoms with Gasteiger partial charge in [0.25, 0.3) is 0 Å². The summed E-state index contributed by atoms with van der Waals surface area (Å²) < 4.78 is 16.9. The van der Waals surface area contributed by atoms with Crippen LogP contribution in [0.4, 0.5) is 5.69 Å². The zero-order valence-corrected chi connectivity index (χ0v) is 20.9. The van der Waals surface area contributed by atoms with Crippen LogP contribution in [0, 0.1) is 11.8 Å². The lowest BCUT2D eigenvalue weighted by atomic mass is 9.74. The summed E-state index contributed by atoms with van der Waals surface area (Å²) in [6, 6.07) is 15.5. The van der Waals surface area contributed by atoms with Crippen LogP contribution >= 0.6 is 23.2 Å². The molecule has 1 saturated heterocycles. The Kier molecular flexibility index (Phi) is 5.84. The number of aliphatic hydroxyl groups is 1. The number of aliphatic hydroxyl groups excluding tert-OH is 1. The SMILES string of the molecule is O=C(Nc1ccc2c(c1)OCO2)[C@H]1[C@@H](c2ccc(Cl)c(Cl)c2)OC2(C(=O)c3ccccc3C2O)[C@H]1C(=O)O. The molecule has 0 bridgehead atoms. The fourth-order valence-electron chi connectivity index (χ4n) is 5.53. The number of amides is 1. The van der Waals surface area contributed by atoms with Crippen LogP contribution in [0.5, 0.6) is 11.5 Å². The van der Waals surface area contributed by atoms with Crippen LogP contribution < -0.4 is 14.8 Å². The number of carboxylic acid groups (broad SMARTS) is 1. The maximum Gasteiger partial charge on any atom is 0.310 e. The molecule has 3 aromatic rings.